The summed E-state index contributed by atoms with van der Waals surface area (Å²) in [6.45, 7) is 2.80. The molecule has 3 heteroatoms. The van der Waals surface area contributed by atoms with E-state index in [0.29, 0.717) is 11.8 Å². The Balaban J connectivity index is 2.25. The van der Waals surface area contributed by atoms with Gasteiger partial charge in [0.25, 0.3) is 0 Å². The van der Waals surface area contributed by atoms with Crippen molar-refractivity contribution in [1.82, 2.24) is 0 Å². The zero-order chi connectivity index (χ0) is 10.8. The Hall–Kier alpha value is -0.240. The fourth-order valence-electron chi connectivity index (χ4n) is 1.95. The van der Waals surface area contributed by atoms with Gasteiger partial charge in [0.05, 0.1) is 6.10 Å². The lowest BCUT2D eigenvalue weighted by atomic mass is 9.96. The summed E-state index contributed by atoms with van der Waals surface area (Å²) in [5.41, 5.74) is 2.24. The van der Waals surface area contributed by atoms with Crippen molar-refractivity contribution in [2.24, 2.45) is 5.92 Å². The monoisotopic (exact) mass is 244 g/mol. The number of aryl methyl sites for hydroxylation is 1. The van der Waals surface area contributed by atoms with Crippen molar-refractivity contribution in [3.05, 3.63) is 34.3 Å². The average Bonchev–Trinajstić information content (AvgIpc) is 2.70. The zero-order valence-corrected chi connectivity index (χ0v) is 10.2. The van der Waals surface area contributed by atoms with E-state index < -0.39 is 0 Å². The second-order valence-electron chi connectivity index (χ2n) is 4.00. The first-order valence-corrected chi connectivity index (χ1v) is 6.07. The molecule has 15 heavy (non-hydrogen) atoms. The molecule has 0 bridgehead atoms. The van der Waals surface area contributed by atoms with Crippen LogP contribution in [0.2, 0.25) is 5.02 Å². The number of benzene rings is 1. The van der Waals surface area contributed by atoms with Crippen molar-refractivity contribution in [2.45, 2.75) is 19.4 Å². The lowest BCUT2D eigenvalue weighted by molar-refractivity contribution is 0.0951. The molecule has 1 fully saturated rings. The quantitative estimate of drug-likeness (QED) is 0.716. The highest BCUT2D eigenvalue weighted by atomic mass is 35.5. The Morgan fingerprint density at radius 2 is 2.27 bits per heavy atom. The van der Waals surface area contributed by atoms with Crippen molar-refractivity contribution in [3.8, 4) is 0 Å². The summed E-state index contributed by atoms with van der Waals surface area (Å²) < 4.78 is 5.69. The molecule has 2 rings (SSSR count). The van der Waals surface area contributed by atoms with E-state index in [1.54, 1.807) is 0 Å². The molecule has 0 N–H and O–H groups in total. The second kappa shape index (κ2) is 4.73. The van der Waals surface area contributed by atoms with Gasteiger partial charge in [-0.1, -0.05) is 23.7 Å². The van der Waals surface area contributed by atoms with E-state index in [4.69, 9.17) is 27.9 Å². The molecular weight excluding hydrogens is 231 g/mol. The van der Waals surface area contributed by atoms with Crippen LogP contribution in [0.15, 0.2) is 18.2 Å². The molecule has 82 valence electrons. The van der Waals surface area contributed by atoms with E-state index in [-0.39, 0.29) is 6.10 Å². The molecule has 0 aromatic heterocycles. The Kier molecular flexibility index (Phi) is 3.55. The molecule has 1 aliphatic rings. The molecule has 0 radical (unpaired) electrons. The molecule has 0 aliphatic carbocycles. The molecular formula is C12H14Cl2O. The Bertz CT molecular complexity index is 351. The van der Waals surface area contributed by atoms with Gasteiger partial charge >= 0.3 is 0 Å². The van der Waals surface area contributed by atoms with Gasteiger partial charge in [0, 0.05) is 23.4 Å². The fourth-order valence-corrected chi connectivity index (χ4v) is 2.45. The zero-order valence-electron chi connectivity index (χ0n) is 8.67. The number of hydrogen-bond acceptors (Lipinski definition) is 1. The van der Waals surface area contributed by atoms with E-state index in [0.717, 1.165) is 29.2 Å². The maximum atomic E-state index is 6.09. The molecule has 2 unspecified atom stereocenters. The Morgan fingerprint density at radius 3 is 2.93 bits per heavy atom. The van der Waals surface area contributed by atoms with E-state index in [2.05, 4.69) is 6.07 Å². The van der Waals surface area contributed by atoms with Gasteiger partial charge in [0.1, 0.15) is 0 Å². The molecule has 0 saturated carbocycles. The lowest BCUT2D eigenvalue weighted by Gasteiger charge is -2.17. The number of ether oxygens (including phenoxy) is 1. The number of alkyl halides is 1. The standard InChI is InChI=1S/C12H14Cl2O/c1-8-2-3-9(6-11(8)14)12-10(7-13)4-5-15-12/h2-3,6,10,12H,4-5,7H2,1H3. The van der Waals surface area contributed by atoms with Crippen molar-refractivity contribution in [2.75, 3.05) is 12.5 Å². The summed E-state index contributed by atoms with van der Waals surface area (Å²) in [6, 6.07) is 6.10. The predicted octanol–water partition coefficient (Wildman–Crippen LogP) is 3.96. The van der Waals surface area contributed by atoms with Gasteiger partial charge in [0.15, 0.2) is 0 Å². The number of hydrogen-bond donors (Lipinski definition) is 0. The van der Waals surface area contributed by atoms with Gasteiger partial charge in [0.2, 0.25) is 0 Å². The summed E-state index contributed by atoms with van der Waals surface area (Å²) in [7, 11) is 0. The van der Waals surface area contributed by atoms with Crippen molar-refractivity contribution >= 4 is 23.2 Å². The first kappa shape index (κ1) is 11.3. The summed E-state index contributed by atoms with van der Waals surface area (Å²) in [6.07, 6.45) is 1.17. The van der Waals surface area contributed by atoms with Gasteiger partial charge < -0.3 is 4.74 Å². The van der Waals surface area contributed by atoms with Crippen LogP contribution in [0.3, 0.4) is 0 Å². The molecule has 1 nitrogen and oxygen atoms in total. The minimum absolute atomic E-state index is 0.126. The third kappa shape index (κ3) is 2.30. The fraction of sp³-hybridized carbons (Fsp3) is 0.500. The van der Waals surface area contributed by atoms with E-state index >= 15 is 0 Å². The Labute approximate surface area is 100 Å². The van der Waals surface area contributed by atoms with Gasteiger partial charge in [-0.3, -0.25) is 0 Å². The Morgan fingerprint density at radius 1 is 1.47 bits per heavy atom. The predicted molar refractivity (Wildman–Crippen MR) is 63.7 cm³/mol. The first-order chi connectivity index (χ1) is 7.22. The van der Waals surface area contributed by atoms with E-state index in [9.17, 15) is 0 Å². The topological polar surface area (TPSA) is 9.23 Å². The third-order valence-corrected chi connectivity index (χ3v) is 3.74. The highest BCUT2D eigenvalue weighted by molar-refractivity contribution is 6.31. The first-order valence-electron chi connectivity index (χ1n) is 5.16. The van der Waals surface area contributed by atoms with Crippen LogP contribution in [-0.2, 0) is 4.74 Å². The highest BCUT2D eigenvalue weighted by Crippen LogP contribution is 2.36. The van der Waals surface area contributed by atoms with E-state index in [1.165, 1.54) is 0 Å². The molecule has 0 amide bonds. The van der Waals surface area contributed by atoms with Crippen LogP contribution in [0, 0.1) is 12.8 Å². The van der Waals surface area contributed by atoms with Crippen LogP contribution in [0.4, 0.5) is 0 Å². The van der Waals surface area contributed by atoms with Crippen LogP contribution in [0.5, 0.6) is 0 Å². The summed E-state index contributed by atoms with van der Waals surface area (Å²) in [5.74, 6) is 1.07. The van der Waals surface area contributed by atoms with E-state index in [1.807, 2.05) is 19.1 Å². The molecule has 1 saturated heterocycles. The lowest BCUT2D eigenvalue weighted by Crippen LogP contribution is -2.08. The van der Waals surface area contributed by atoms with Crippen LogP contribution < -0.4 is 0 Å². The SMILES string of the molecule is Cc1ccc(C2OCCC2CCl)cc1Cl. The molecule has 2 atom stereocenters. The average molecular weight is 245 g/mol. The number of rotatable bonds is 2. The van der Waals surface area contributed by atoms with Gasteiger partial charge in [-0.25, -0.2) is 0 Å². The maximum Gasteiger partial charge on any atom is 0.0865 e. The van der Waals surface area contributed by atoms with Gasteiger partial charge in [-0.05, 0) is 30.5 Å². The number of halogens is 2. The minimum atomic E-state index is 0.126. The summed E-state index contributed by atoms with van der Waals surface area (Å²) in [4.78, 5) is 0. The molecule has 1 heterocycles. The van der Waals surface area contributed by atoms with Crippen molar-refractivity contribution in [1.29, 1.82) is 0 Å². The molecule has 1 aliphatic heterocycles. The summed E-state index contributed by atoms with van der Waals surface area (Å²) >= 11 is 12.0. The minimum Gasteiger partial charge on any atom is -0.373 e. The van der Waals surface area contributed by atoms with Crippen molar-refractivity contribution in [3.63, 3.8) is 0 Å². The largest absolute Gasteiger partial charge is 0.373 e. The molecule has 1 aromatic carbocycles. The maximum absolute atomic E-state index is 6.09. The molecule has 0 spiro atoms. The van der Waals surface area contributed by atoms with Crippen LogP contribution in [0.1, 0.15) is 23.7 Å². The van der Waals surface area contributed by atoms with Gasteiger partial charge in [-0.2, -0.15) is 0 Å². The highest BCUT2D eigenvalue weighted by Gasteiger charge is 2.28. The molecule has 1 aromatic rings. The smallest absolute Gasteiger partial charge is 0.0865 e. The van der Waals surface area contributed by atoms with Crippen LogP contribution in [-0.4, -0.2) is 12.5 Å². The van der Waals surface area contributed by atoms with Gasteiger partial charge in [-0.15, -0.1) is 11.6 Å². The normalized spacial score (nSPS) is 25.8. The third-order valence-electron chi connectivity index (χ3n) is 2.94. The summed E-state index contributed by atoms with van der Waals surface area (Å²) in [5, 5.41) is 0.802. The van der Waals surface area contributed by atoms with Crippen LogP contribution in [0.25, 0.3) is 0 Å². The second-order valence-corrected chi connectivity index (χ2v) is 4.72. The van der Waals surface area contributed by atoms with Crippen LogP contribution >= 0.6 is 23.2 Å². The van der Waals surface area contributed by atoms with Crippen molar-refractivity contribution < 1.29 is 4.74 Å².